The monoisotopic (exact) mass is 313 g/mol. The Labute approximate surface area is 135 Å². The van der Waals surface area contributed by atoms with Crippen molar-refractivity contribution in [3.05, 3.63) is 66.0 Å². The first-order valence-electron chi connectivity index (χ1n) is 7.95. The first-order valence-corrected chi connectivity index (χ1v) is 7.95. The van der Waals surface area contributed by atoms with Crippen LogP contribution in [-0.2, 0) is 4.79 Å². The lowest BCUT2D eigenvalue weighted by molar-refractivity contribution is -0.122. The number of ether oxygens (including phenoxy) is 1. The van der Waals surface area contributed by atoms with Crippen molar-refractivity contribution in [1.82, 2.24) is 5.32 Å². The summed E-state index contributed by atoms with van der Waals surface area (Å²) in [7, 11) is 0. The Morgan fingerprint density at radius 2 is 1.87 bits per heavy atom. The van der Waals surface area contributed by atoms with Crippen LogP contribution in [0.1, 0.15) is 24.3 Å². The van der Waals surface area contributed by atoms with E-state index in [1.807, 2.05) is 18.2 Å². The van der Waals surface area contributed by atoms with Gasteiger partial charge in [0.05, 0.1) is 6.61 Å². The maximum atomic E-state index is 12.8. The topological polar surface area (TPSA) is 38.3 Å². The molecular formula is C19H20FNO2. The van der Waals surface area contributed by atoms with Crippen molar-refractivity contribution in [2.24, 2.45) is 5.92 Å². The number of carbonyl (C=O) groups excluding carboxylic acids is 1. The Morgan fingerprint density at radius 3 is 2.61 bits per heavy atom. The lowest BCUT2D eigenvalue weighted by Gasteiger charge is -2.07. The van der Waals surface area contributed by atoms with Crippen LogP contribution in [0.15, 0.2) is 54.6 Å². The van der Waals surface area contributed by atoms with E-state index in [4.69, 9.17) is 4.74 Å². The Kier molecular flexibility index (Phi) is 4.91. The van der Waals surface area contributed by atoms with Gasteiger partial charge in [-0.15, -0.1) is 0 Å². The zero-order chi connectivity index (χ0) is 16.1. The molecule has 0 aromatic heterocycles. The van der Waals surface area contributed by atoms with Gasteiger partial charge in [0.15, 0.2) is 0 Å². The summed E-state index contributed by atoms with van der Waals surface area (Å²) in [4.78, 5) is 12.1. The van der Waals surface area contributed by atoms with Crippen molar-refractivity contribution in [2.45, 2.75) is 18.8 Å². The molecule has 120 valence electrons. The fourth-order valence-electron chi connectivity index (χ4n) is 2.69. The number of hydrogen-bond donors (Lipinski definition) is 1. The highest BCUT2D eigenvalue weighted by atomic mass is 19.1. The van der Waals surface area contributed by atoms with Gasteiger partial charge in [-0.05, 0) is 48.6 Å². The quantitative estimate of drug-likeness (QED) is 0.794. The molecular weight excluding hydrogens is 293 g/mol. The van der Waals surface area contributed by atoms with Gasteiger partial charge in [0.25, 0.3) is 0 Å². The van der Waals surface area contributed by atoms with Crippen molar-refractivity contribution >= 4 is 5.91 Å². The molecule has 23 heavy (non-hydrogen) atoms. The van der Waals surface area contributed by atoms with E-state index in [0.717, 1.165) is 12.8 Å². The van der Waals surface area contributed by atoms with E-state index >= 15 is 0 Å². The van der Waals surface area contributed by atoms with Crippen LogP contribution in [0.2, 0.25) is 0 Å². The Hall–Kier alpha value is -2.36. The molecule has 1 amide bonds. The third-order valence-corrected chi connectivity index (χ3v) is 4.06. The predicted octanol–water partition coefficient (Wildman–Crippen LogP) is 3.51. The van der Waals surface area contributed by atoms with Crippen molar-refractivity contribution in [2.75, 3.05) is 13.2 Å². The number of nitrogens with one attached hydrogen (secondary N) is 1. The summed E-state index contributed by atoms with van der Waals surface area (Å²) in [5, 5.41) is 2.96. The van der Waals surface area contributed by atoms with Crippen LogP contribution >= 0.6 is 0 Å². The van der Waals surface area contributed by atoms with E-state index in [1.165, 1.54) is 17.7 Å². The summed E-state index contributed by atoms with van der Waals surface area (Å²) in [6.07, 6.45) is 1.66. The largest absolute Gasteiger partial charge is 0.494 e. The zero-order valence-corrected chi connectivity index (χ0v) is 12.9. The number of hydrogen-bond acceptors (Lipinski definition) is 2. The molecule has 3 rings (SSSR count). The second-order valence-electron chi connectivity index (χ2n) is 5.81. The lowest BCUT2D eigenvalue weighted by atomic mass is 10.1. The predicted molar refractivity (Wildman–Crippen MR) is 86.8 cm³/mol. The standard InChI is InChI=1S/C19H20FNO2/c20-15-7-9-16(10-8-15)23-12-4-11-21-19(22)18-13-17(18)14-5-2-1-3-6-14/h1-3,5-10,17-18H,4,11-13H2,(H,21,22). The van der Waals surface area contributed by atoms with E-state index in [9.17, 15) is 9.18 Å². The average Bonchev–Trinajstić information content (AvgIpc) is 3.38. The first-order chi connectivity index (χ1) is 11.2. The normalized spacial score (nSPS) is 19.2. The SMILES string of the molecule is O=C(NCCCOc1ccc(F)cc1)C1CC1c1ccccc1. The number of carbonyl (C=O) groups is 1. The van der Waals surface area contributed by atoms with Gasteiger partial charge in [-0.2, -0.15) is 0 Å². The second-order valence-corrected chi connectivity index (χ2v) is 5.81. The molecule has 1 aliphatic rings. The van der Waals surface area contributed by atoms with Crippen molar-refractivity contribution in [3.63, 3.8) is 0 Å². The van der Waals surface area contributed by atoms with Gasteiger partial charge in [-0.1, -0.05) is 30.3 Å². The summed E-state index contributed by atoms with van der Waals surface area (Å²) in [6.45, 7) is 1.09. The molecule has 0 spiro atoms. The van der Waals surface area contributed by atoms with Gasteiger partial charge in [-0.3, -0.25) is 4.79 Å². The molecule has 1 saturated carbocycles. The minimum Gasteiger partial charge on any atom is -0.494 e. The molecule has 1 N–H and O–H groups in total. The third kappa shape index (κ3) is 4.31. The van der Waals surface area contributed by atoms with E-state index in [1.54, 1.807) is 12.1 Å². The van der Waals surface area contributed by atoms with Crippen LogP contribution in [0.25, 0.3) is 0 Å². The summed E-state index contributed by atoms with van der Waals surface area (Å²) in [5.74, 6) is 0.966. The van der Waals surface area contributed by atoms with Crippen LogP contribution in [0, 0.1) is 11.7 Å². The molecule has 1 fully saturated rings. The molecule has 0 bridgehead atoms. The Balaban J connectivity index is 1.32. The summed E-state index contributed by atoms with van der Waals surface area (Å²) >= 11 is 0. The van der Waals surface area contributed by atoms with Crippen LogP contribution in [-0.4, -0.2) is 19.1 Å². The average molecular weight is 313 g/mol. The van der Waals surface area contributed by atoms with Gasteiger partial charge >= 0.3 is 0 Å². The minimum atomic E-state index is -0.276. The van der Waals surface area contributed by atoms with E-state index in [0.29, 0.717) is 24.8 Å². The van der Waals surface area contributed by atoms with E-state index < -0.39 is 0 Å². The minimum absolute atomic E-state index is 0.107. The van der Waals surface area contributed by atoms with E-state index in [-0.39, 0.29) is 17.6 Å². The number of rotatable bonds is 7. The molecule has 1 aliphatic carbocycles. The third-order valence-electron chi connectivity index (χ3n) is 4.06. The Morgan fingerprint density at radius 1 is 1.13 bits per heavy atom. The highest BCUT2D eigenvalue weighted by molar-refractivity contribution is 5.82. The van der Waals surface area contributed by atoms with Gasteiger partial charge in [0.2, 0.25) is 5.91 Å². The smallest absolute Gasteiger partial charge is 0.223 e. The van der Waals surface area contributed by atoms with Crippen LogP contribution in [0.3, 0.4) is 0 Å². The molecule has 2 unspecified atom stereocenters. The molecule has 0 heterocycles. The number of benzene rings is 2. The lowest BCUT2D eigenvalue weighted by Crippen LogP contribution is -2.27. The highest BCUT2D eigenvalue weighted by Crippen LogP contribution is 2.47. The molecule has 2 aromatic rings. The summed E-state index contributed by atoms with van der Waals surface area (Å²) < 4.78 is 18.2. The first kappa shape index (κ1) is 15.5. The van der Waals surface area contributed by atoms with Crippen molar-refractivity contribution in [3.8, 4) is 5.75 Å². The molecule has 0 aliphatic heterocycles. The molecule has 4 heteroatoms. The van der Waals surface area contributed by atoms with Crippen LogP contribution in [0.5, 0.6) is 5.75 Å². The number of amides is 1. The van der Waals surface area contributed by atoms with Crippen molar-refractivity contribution < 1.29 is 13.9 Å². The molecule has 0 radical (unpaired) electrons. The fourth-order valence-corrected chi connectivity index (χ4v) is 2.69. The summed E-state index contributed by atoms with van der Waals surface area (Å²) in [6, 6.07) is 16.1. The van der Waals surface area contributed by atoms with Crippen LogP contribution < -0.4 is 10.1 Å². The maximum Gasteiger partial charge on any atom is 0.223 e. The van der Waals surface area contributed by atoms with Crippen molar-refractivity contribution in [1.29, 1.82) is 0 Å². The zero-order valence-electron chi connectivity index (χ0n) is 12.9. The van der Waals surface area contributed by atoms with Gasteiger partial charge in [-0.25, -0.2) is 4.39 Å². The van der Waals surface area contributed by atoms with Crippen LogP contribution in [0.4, 0.5) is 4.39 Å². The Bertz CT molecular complexity index is 642. The molecule has 3 nitrogen and oxygen atoms in total. The second kappa shape index (κ2) is 7.27. The molecule has 2 aromatic carbocycles. The summed E-state index contributed by atoms with van der Waals surface area (Å²) in [5.41, 5.74) is 1.24. The molecule has 0 saturated heterocycles. The fraction of sp³-hybridized carbons (Fsp3) is 0.316. The molecule has 2 atom stereocenters. The van der Waals surface area contributed by atoms with Gasteiger partial charge in [0, 0.05) is 12.5 Å². The number of halogens is 1. The van der Waals surface area contributed by atoms with Gasteiger partial charge < -0.3 is 10.1 Å². The maximum absolute atomic E-state index is 12.8. The van der Waals surface area contributed by atoms with E-state index in [2.05, 4.69) is 17.4 Å². The highest BCUT2D eigenvalue weighted by Gasteiger charge is 2.43. The van der Waals surface area contributed by atoms with Gasteiger partial charge in [0.1, 0.15) is 11.6 Å².